The zero-order valence-corrected chi connectivity index (χ0v) is 15.5. The highest BCUT2D eigenvalue weighted by Gasteiger charge is 2.19. The van der Waals surface area contributed by atoms with Crippen molar-refractivity contribution in [2.45, 2.75) is 19.9 Å². The van der Waals surface area contributed by atoms with Gasteiger partial charge in [-0.05, 0) is 36.8 Å². The fourth-order valence-electron chi connectivity index (χ4n) is 2.65. The van der Waals surface area contributed by atoms with E-state index >= 15 is 0 Å². The summed E-state index contributed by atoms with van der Waals surface area (Å²) in [5, 5.41) is 17.6. The van der Waals surface area contributed by atoms with Crippen molar-refractivity contribution in [3.63, 3.8) is 0 Å². The minimum atomic E-state index is -0.188. The standard InChI is InChI=1S/C20H17ClN4O2/c1-2-10-25(20(26)15-7-5-6-14(11-15)12-22)13-18-23-24-19(27-18)16-8-3-4-9-17(16)21/h3-9,11H,2,10,13H2,1H3. The monoisotopic (exact) mass is 380 g/mol. The predicted octanol–water partition coefficient (Wildman–Crippen LogP) is 4.31. The molecule has 27 heavy (non-hydrogen) atoms. The van der Waals surface area contributed by atoms with Crippen LogP contribution in [0, 0.1) is 11.3 Å². The van der Waals surface area contributed by atoms with Crippen LogP contribution in [0.1, 0.15) is 35.2 Å². The maximum atomic E-state index is 12.8. The molecular formula is C20H17ClN4O2. The van der Waals surface area contributed by atoms with E-state index in [1.54, 1.807) is 41.3 Å². The number of benzene rings is 2. The lowest BCUT2D eigenvalue weighted by atomic mass is 10.1. The molecule has 0 fully saturated rings. The number of carbonyl (C=O) groups excluding carboxylic acids is 1. The number of hydrogen-bond donors (Lipinski definition) is 0. The van der Waals surface area contributed by atoms with Crippen LogP contribution in [0.5, 0.6) is 0 Å². The van der Waals surface area contributed by atoms with E-state index in [2.05, 4.69) is 10.2 Å². The van der Waals surface area contributed by atoms with Crippen molar-refractivity contribution in [3.05, 3.63) is 70.6 Å². The lowest BCUT2D eigenvalue weighted by molar-refractivity contribution is 0.0728. The van der Waals surface area contributed by atoms with Crippen molar-refractivity contribution >= 4 is 17.5 Å². The van der Waals surface area contributed by atoms with Gasteiger partial charge in [0.1, 0.15) is 0 Å². The van der Waals surface area contributed by atoms with E-state index in [1.807, 2.05) is 25.1 Å². The van der Waals surface area contributed by atoms with Crippen LogP contribution in [0.3, 0.4) is 0 Å². The molecule has 1 aromatic heterocycles. The third-order valence-electron chi connectivity index (χ3n) is 3.92. The molecular weight excluding hydrogens is 364 g/mol. The maximum Gasteiger partial charge on any atom is 0.254 e. The molecule has 0 bridgehead atoms. The van der Waals surface area contributed by atoms with E-state index < -0.39 is 0 Å². The molecule has 0 radical (unpaired) electrons. The van der Waals surface area contributed by atoms with E-state index in [-0.39, 0.29) is 12.5 Å². The molecule has 1 amide bonds. The van der Waals surface area contributed by atoms with Crippen molar-refractivity contribution in [2.75, 3.05) is 6.54 Å². The van der Waals surface area contributed by atoms with Gasteiger partial charge in [0.15, 0.2) is 0 Å². The highest BCUT2D eigenvalue weighted by atomic mass is 35.5. The lowest BCUT2D eigenvalue weighted by Crippen LogP contribution is -2.31. The van der Waals surface area contributed by atoms with Crippen molar-refractivity contribution in [1.82, 2.24) is 15.1 Å². The highest BCUT2D eigenvalue weighted by molar-refractivity contribution is 6.33. The molecule has 6 nitrogen and oxygen atoms in total. The molecule has 0 aliphatic heterocycles. The van der Waals surface area contributed by atoms with Gasteiger partial charge in [0, 0.05) is 12.1 Å². The lowest BCUT2D eigenvalue weighted by Gasteiger charge is -2.20. The number of nitrogens with zero attached hydrogens (tertiary/aromatic N) is 4. The summed E-state index contributed by atoms with van der Waals surface area (Å²) in [6.45, 7) is 2.69. The zero-order chi connectivity index (χ0) is 19.2. The molecule has 136 valence electrons. The molecule has 2 aromatic carbocycles. The second-order valence-corrected chi connectivity index (χ2v) is 6.31. The number of hydrogen-bond acceptors (Lipinski definition) is 5. The number of halogens is 1. The Morgan fingerprint density at radius 1 is 1.22 bits per heavy atom. The smallest absolute Gasteiger partial charge is 0.254 e. The van der Waals surface area contributed by atoms with Gasteiger partial charge < -0.3 is 9.32 Å². The Morgan fingerprint density at radius 3 is 2.78 bits per heavy atom. The number of amides is 1. The van der Waals surface area contributed by atoms with E-state index in [0.717, 1.165) is 6.42 Å². The van der Waals surface area contributed by atoms with Gasteiger partial charge >= 0.3 is 0 Å². The first-order valence-electron chi connectivity index (χ1n) is 8.49. The number of nitriles is 1. The molecule has 1 heterocycles. The Labute approximate surface area is 162 Å². The summed E-state index contributed by atoms with van der Waals surface area (Å²) in [6, 6.07) is 15.9. The minimum Gasteiger partial charge on any atom is -0.419 e. The number of carbonyl (C=O) groups is 1. The first kappa shape index (κ1) is 18.6. The Hall–Kier alpha value is -3.17. The Bertz CT molecular complexity index is 993. The molecule has 3 aromatic rings. The SMILES string of the molecule is CCCN(Cc1nnc(-c2ccccc2Cl)o1)C(=O)c1cccc(C#N)c1. The molecule has 0 saturated carbocycles. The average molecular weight is 381 g/mol. The van der Waals surface area contributed by atoms with Gasteiger partial charge in [-0.3, -0.25) is 4.79 Å². The van der Waals surface area contributed by atoms with Crippen LogP contribution in [0.25, 0.3) is 11.5 Å². The van der Waals surface area contributed by atoms with Gasteiger partial charge in [0.05, 0.1) is 28.8 Å². The zero-order valence-electron chi connectivity index (χ0n) is 14.7. The summed E-state index contributed by atoms with van der Waals surface area (Å²) in [5.41, 5.74) is 1.54. The normalized spacial score (nSPS) is 10.4. The summed E-state index contributed by atoms with van der Waals surface area (Å²) in [5.74, 6) is 0.445. The Kier molecular flexibility index (Phi) is 5.84. The fraction of sp³-hybridized carbons (Fsp3) is 0.200. The van der Waals surface area contributed by atoms with Crippen LogP contribution in [-0.4, -0.2) is 27.5 Å². The molecule has 0 aliphatic carbocycles. The largest absolute Gasteiger partial charge is 0.419 e. The van der Waals surface area contributed by atoms with Gasteiger partial charge in [-0.25, -0.2) is 0 Å². The van der Waals surface area contributed by atoms with E-state index in [9.17, 15) is 4.79 Å². The highest BCUT2D eigenvalue weighted by Crippen LogP contribution is 2.26. The number of rotatable bonds is 6. The second kappa shape index (κ2) is 8.47. The Morgan fingerprint density at radius 2 is 2.04 bits per heavy atom. The third-order valence-corrected chi connectivity index (χ3v) is 4.25. The van der Waals surface area contributed by atoms with E-state index in [4.69, 9.17) is 21.3 Å². The first-order valence-corrected chi connectivity index (χ1v) is 8.87. The van der Waals surface area contributed by atoms with E-state index in [0.29, 0.717) is 40.0 Å². The quantitative estimate of drug-likeness (QED) is 0.636. The molecule has 0 atom stereocenters. The first-order chi connectivity index (χ1) is 13.1. The van der Waals surface area contributed by atoms with Crippen LogP contribution in [0.2, 0.25) is 5.02 Å². The van der Waals surface area contributed by atoms with Gasteiger partial charge in [-0.15, -0.1) is 10.2 Å². The fourth-order valence-corrected chi connectivity index (χ4v) is 2.87. The topological polar surface area (TPSA) is 83.0 Å². The molecule has 0 unspecified atom stereocenters. The van der Waals surface area contributed by atoms with Gasteiger partial charge in [0.2, 0.25) is 11.8 Å². The minimum absolute atomic E-state index is 0.181. The molecule has 0 spiro atoms. The summed E-state index contributed by atoms with van der Waals surface area (Å²) in [4.78, 5) is 14.5. The van der Waals surface area contributed by atoms with Crippen LogP contribution in [0.4, 0.5) is 0 Å². The van der Waals surface area contributed by atoms with Crippen molar-refractivity contribution < 1.29 is 9.21 Å². The maximum absolute atomic E-state index is 12.8. The van der Waals surface area contributed by atoms with Crippen LogP contribution in [-0.2, 0) is 6.54 Å². The van der Waals surface area contributed by atoms with Crippen LogP contribution >= 0.6 is 11.6 Å². The third kappa shape index (κ3) is 4.33. The van der Waals surface area contributed by atoms with Crippen molar-refractivity contribution in [2.24, 2.45) is 0 Å². The van der Waals surface area contributed by atoms with Crippen molar-refractivity contribution in [1.29, 1.82) is 5.26 Å². The van der Waals surface area contributed by atoms with Gasteiger partial charge in [-0.1, -0.05) is 36.7 Å². The van der Waals surface area contributed by atoms with Gasteiger partial charge in [0.25, 0.3) is 5.91 Å². The van der Waals surface area contributed by atoms with Gasteiger partial charge in [-0.2, -0.15) is 5.26 Å². The summed E-state index contributed by atoms with van der Waals surface area (Å²) < 4.78 is 5.71. The molecule has 3 rings (SSSR count). The summed E-state index contributed by atoms with van der Waals surface area (Å²) in [6.07, 6.45) is 0.773. The molecule has 0 aliphatic rings. The molecule has 0 N–H and O–H groups in total. The number of aromatic nitrogens is 2. The summed E-state index contributed by atoms with van der Waals surface area (Å²) in [7, 11) is 0. The van der Waals surface area contributed by atoms with Crippen LogP contribution in [0.15, 0.2) is 52.9 Å². The average Bonchev–Trinajstić information content (AvgIpc) is 3.16. The van der Waals surface area contributed by atoms with E-state index in [1.165, 1.54) is 0 Å². The Balaban J connectivity index is 1.82. The predicted molar refractivity (Wildman–Crippen MR) is 101 cm³/mol. The molecule has 7 heteroatoms. The molecule has 0 saturated heterocycles. The van der Waals surface area contributed by atoms with Crippen molar-refractivity contribution in [3.8, 4) is 17.5 Å². The second-order valence-electron chi connectivity index (χ2n) is 5.90. The summed E-state index contributed by atoms with van der Waals surface area (Å²) >= 11 is 6.16. The van der Waals surface area contributed by atoms with Crippen LogP contribution < -0.4 is 0 Å².